The average molecular weight is 323 g/mol. The lowest BCUT2D eigenvalue weighted by atomic mass is 10.1. The van der Waals surface area contributed by atoms with Crippen molar-refractivity contribution in [3.63, 3.8) is 0 Å². The summed E-state index contributed by atoms with van der Waals surface area (Å²) in [5.41, 5.74) is 0.565. The molecule has 0 saturated carbocycles. The molecule has 98 valence electrons. The third-order valence-electron chi connectivity index (χ3n) is 2.60. The van der Waals surface area contributed by atoms with Gasteiger partial charge in [-0.15, -0.1) is 0 Å². The van der Waals surface area contributed by atoms with E-state index in [1.165, 1.54) is 6.07 Å². The van der Waals surface area contributed by atoms with Gasteiger partial charge in [-0.2, -0.15) is 0 Å². The van der Waals surface area contributed by atoms with Crippen LogP contribution < -0.4 is 4.74 Å². The van der Waals surface area contributed by atoms with Gasteiger partial charge in [-0.3, -0.25) is 4.79 Å². The lowest BCUT2D eigenvalue weighted by Gasteiger charge is -2.08. The van der Waals surface area contributed by atoms with Crippen molar-refractivity contribution in [1.29, 1.82) is 0 Å². The van der Waals surface area contributed by atoms with Crippen LogP contribution in [0, 0.1) is 5.82 Å². The number of hydrogen-bond donors (Lipinski definition) is 0. The monoisotopic (exact) mass is 322 g/mol. The molecule has 0 bridgehead atoms. The summed E-state index contributed by atoms with van der Waals surface area (Å²) in [4.78, 5) is 11.6. The minimum atomic E-state index is -0.449. The summed E-state index contributed by atoms with van der Waals surface area (Å²) in [6.07, 6.45) is 0.425. The summed E-state index contributed by atoms with van der Waals surface area (Å²) in [5.74, 6) is 0.141. The number of rotatable bonds is 4. The summed E-state index contributed by atoms with van der Waals surface area (Å²) < 4.78 is 19.8. The number of Topliss-reactive ketones (excluding diaryl/α,β-unsaturated/α-hetero) is 1. The smallest absolute Gasteiger partial charge is 0.165 e. The zero-order chi connectivity index (χ0) is 13.8. The van der Waals surface area contributed by atoms with Crippen LogP contribution >= 0.6 is 15.9 Å². The van der Waals surface area contributed by atoms with Crippen molar-refractivity contribution in [2.24, 2.45) is 0 Å². The predicted octanol–water partition coefficient (Wildman–Crippen LogP) is 4.97. The third kappa shape index (κ3) is 3.41. The molecule has 2 aromatic carbocycles. The van der Waals surface area contributed by atoms with Crippen LogP contribution in [0.25, 0.3) is 0 Å². The summed E-state index contributed by atoms with van der Waals surface area (Å²) in [6.45, 7) is 1.80. The standard InChI is InChI=1S/C15H12BrFO2/c1-2-14(18)10-4-3-5-12(8-10)19-15-9-11(16)6-7-13(15)17/h3-9H,2H2,1H3. The van der Waals surface area contributed by atoms with Gasteiger partial charge in [-0.25, -0.2) is 4.39 Å². The molecule has 0 spiro atoms. The Morgan fingerprint density at radius 3 is 2.79 bits per heavy atom. The molecular weight excluding hydrogens is 311 g/mol. The van der Waals surface area contributed by atoms with Crippen molar-refractivity contribution in [3.05, 3.63) is 58.3 Å². The summed E-state index contributed by atoms with van der Waals surface area (Å²) >= 11 is 3.26. The Morgan fingerprint density at radius 2 is 2.05 bits per heavy atom. The van der Waals surface area contributed by atoms with E-state index in [9.17, 15) is 9.18 Å². The van der Waals surface area contributed by atoms with Gasteiger partial charge in [0.05, 0.1) is 0 Å². The highest BCUT2D eigenvalue weighted by atomic mass is 79.9. The number of benzene rings is 2. The Bertz CT molecular complexity index is 611. The maximum absolute atomic E-state index is 13.6. The van der Waals surface area contributed by atoms with Crippen LogP contribution in [-0.2, 0) is 0 Å². The van der Waals surface area contributed by atoms with Gasteiger partial charge in [0, 0.05) is 16.5 Å². The first kappa shape index (κ1) is 13.7. The molecule has 0 radical (unpaired) electrons. The predicted molar refractivity (Wildman–Crippen MR) is 75.2 cm³/mol. The quantitative estimate of drug-likeness (QED) is 0.742. The van der Waals surface area contributed by atoms with Crippen molar-refractivity contribution in [1.82, 2.24) is 0 Å². The highest BCUT2D eigenvalue weighted by Crippen LogP contribution is 2.28. The first-order valence-corrected chi connectivity index (χ1v) is 6.65. The van der Waals surface area contributed by atoms with Crippen LogP contribution in [0.4, 0.5) is 4.39 Å². The molecule has 0 fully saturated rings. The average Bonchev–Trinajstić information content (AvgIpc) is 2.42. The summed E-state index contributed by atoms with van der Waals surface area (Å²) in [6, 6.07) is 11.2. The van der Waals surface area contributed by atoms with E-state index in [2.05, 4.69) is 15.9 Å². The Labute approximate surface area is 119 Å². The van der Waals surface area contributed by atoms with Crippen molar-refractivity contribution >= 4 is 21.7 Å². The van der Waals surface area contributed by atoms with E-state index in [1.807, 2.05) is 0 Å². The molecule has 4 heteroatoms. The molecule has 0 aliphatic carbocycles. The molecule has 0 heterocycles. The molecule has 0 N–H and O–H groups in total. The van der Waals surface area contributed by atoms with Crippen LogP contribution in [0.15, 0.2) is 46.9 Å². The van der Waals surface area contributed by atoms with Crippen molar-refractivity contribution in [2.75, 3.05) is 0 Å². The topological polar surface area (TPSA) is 26.3 Å². The second kappa shape index (κ2) is 5.97. The minimum absolute atomic E-state index is 0.0279. The van der Waals surface area contributed by atoms with E-state index in [0.717, 1.165) is 4.47 Å². The fourth-order valence-corrected chi connectivity index (χ4v) is 1.96. The molecule has 0 saturated heterocycles. The van der Waals surface area contributed by atoms with Gasteiger partial charge in [0.2, 0.25) is 0 Å². The SMILES string of the molecule is CCC(=O)c1cccc(Oc2cc(Br)ccc2F)c1. The maximum atomic E-state index is 13.6. The van der Waals surface area contributed by atoms with E-state index in [1.54, 1.807) is 43.3 Å². The van der Waals surface area contributed by atoms with Crippen molar-refractivity contribution < 1.29 is 13.9 Å². The van der Waals surface area contributed by atoms with E-state index < -0.39 is 5.82 Å². The molecule has 19 heavy (non-hydrogen) atoms. The normalized spacial score (nSPS) is 10.3. The molecule has 0 aliphatic rings. The number of carbonyl (C=O) groups is 1. The molecule has 0 atom stereocenters. The number of hydrogen-bond acceptors (Lipinski definition) is 2. The van der Waals surface area contributed by atoms with Gasteiger partial charge in [-0.1, -0.05) is 35.0 Å². The minimum Gasteiger partial charge on any atom is -0.454 e. The largest absolute Gasteiger partial charge is 0.454 e. The Kier molecular flexibility index (Phi) is 4.32. The Balaban J connectivity index is 2.28. The first-order chi connectivity index (χ1) is 9.10. The zero-order valence-electron chi connectivity index (χ0n) is 10.3. The maximum Gasteiger partial charge on any atom is 0.165 e. The van der Waals surface area contributed by atoms with Gasteiger partial charge >= 0.3 is 0 Å². The molecule has 0 aromatic heterocycles. The van der Waals surface area contributed by atoms with Crippen molar-refractivity contribution in [3.8, 4) is 11.5 Å². The highest BCUT2D eigenvalue weighted by Gasteiger charge is 2.08. The first-order valence-electron chi connectivity index (χ1n) is 5.86. The summed E-state index contributed by atoms with van der Waals surface area (Å²) in [5, 5.41) is 0. The molecule has 2 nitrogen and oxygen atoms in total. The van der Waals surface area contributed by atoms with Crippen LogP contribution in [0.3, 0.4) is 0 Å². The molecule has 2 rings (SSSR count). The van der Waals surface area contributed by atoms with Gasteiger partial charge in [0.25, 0.3) is 0 Å². The Hall–Kier alpha value is -1.68. The van der Waals surface area contributed by atoms with Gasteiger partial charge in [0.1, 0.15) is 5.75 Å². The van der Waals surface area contributed by atoms with Gasteiger partial charge < -0.3 is 4.74 Å². The molecular formula is C15H12BrFO2. The van der Waals surface area contributed by atoms with Crippen molar-refractivity contribution in [2.45, 2.75) is 13.3 Å². The second-order valence-corrected chi connectivity index (χ2v) is 4.90. The fraction of sp³-hybridized carbons (Fsp3) is 0.133. The number of ketones is 1. The van der Waals surface area contributed by atoms with Crippen LogP contribution in [0.2, 0.25) is 0 Å². The zero-order valence-corrected chi connectivity index (χ0v) is 11.9. The van der Waals surface area contributed by atoms with E-state index >= 15 is 0 Å². The second-order valence-electron chi connectivity index (χ2n) is 3.98. The molecule has 0 amide bonds. The molecule has 0 aliphatic heterocycles. The lowest BCUT2D eigenvalue weighted by molar-refractivity contribution is 0.0988. The van der Waals surface area contributed by atoms with Gasteiger partial charge in [-0.05, 0) is 30.3 Å². The number of halogens is 2. The highest BCUT2D eigenvalue weighted by molar-refractivity contribution is 9.10. The van der Waals surface area contributed by atoms with E-state index in [0.29, 0.717) is 17.7 Å². The lowest BCUT2D eigenvalue weighted by Crippen LogP contribution is -1.97. The third-order valence-corrected chi connectivity index (χ3v) is 3.09. The summed E-state index contributed by atoms with van der Waals surface area (Å²) in [7, 11) is 0. The van der Waals surface area contributed by atoms with Crippen LogP contribution in [0.5, 0.6) is 11.5 Å². The van der Waals surface area contributed by atoms with Gasteiger partial charge in [0.15, 0.2) is 17.3 Å². The van der Waals surface area contributed by atoms with E-state index in [-0.39, 0.29) is 11.5 Å². The molecule has 2 aromatic rings. The van der Waals surface area contributed by atoms with Crippen LogP contribution in [-0.4, -0.2) is 5.78 Å². The fourth-order valence-electron chi connectivity index (χ4n) is 1.62. The Morgan fingerprint density at radius 1 is 1.26 bits per heavy atom. The van der Waals surface area contributed by atoms with E-state index in [4.69, 9.17) is 4.74 Å². The number of ether oxygens (including phenoxy) is 1. The number of carbonyl (C=O) groups excluding carboxylic acids is 1. The molecule has 0 unspecified atom stereocenters. The van der Waals surface area contributed by atoms with Crippen LogP contribution in [0.1, 0.15) is 23.7 Å².